The highest BCUT2D eigenvalue weighted by molar-refractivity contribution is 5.62. The molecule has 0 saturated carbocycles. The van der Waals surface area contributed by atoms with Crippen molar-refractivity contribution in [2.24, 2.45) is 0 Å². The van der Waals surface area contributed by atoms with Gasteiger partial charge in [-0.05, 0) is 30.7 Å². The van der Waals surface area contributed by atoms with Gasteiger partial charge in [-0.1, -0.05) is 6.92 Å². The molecule has 94 valence electrons. The third kappa shape index (κ3) is 2.83. The largest absolute Gasteiger partial charge is 0.373 e. The number of benzene rings is 1. The van der Waals surface area contributed by atoms with Gasteiger partial charge < -0.3 is 5.32 Å². The van der Waals surface area contributed by atoms with Crippen molar-refractivity contribution in [3.63, 3.8) is 0 Å². The standard InChI is InChI=1S/C14H16FN3/c1-3-4-13-17-12(9-14(16-2)18-13)10-5-7-11(15)8-6-10/h5-9H,3-4H2,1-2H3,(H,16,17,18). The number of rotatable bonds is 4. The van der Waals surface area contributed by atoms with Gasteiger partial charge in [-0.3, -0.25) is 0 Å². The minimum atomic E-state index is -0.240. The van der Waals surface area contributed by atoms with Crippen molar-refractivity contribution in [3.05, 3.63) is 42.0 Å². The van der Waals surface area contributed by atoms with Crippen molar-refractivity contribution >= 4 is 5.82 Å². The van der Waals surface area contributed by atoms with E-state index in [2.05, 4.69) is 22.2 Å². The van der Waals surface area contributed by atoms with Crippen molar-refractivity contribution in [2.45, 2.75) is 19.8 Å². The molecule has 1 aromatic carbocycles. The molecule has 0 saturated heterocycles. The fraction of sp³-hybridized carbons (Fsp3) is 0.286. The van der Waals surface area contributed by atoms with Crippen LogP contribution in [-0.4, -0.2) is 17.0 Å². The molecule has 0 unspecified atom stereocenters. The zero-order valence-corrected chi connectivity index (χ0v) is 10.6. The maximum Gasteiger partial charge on any atom is 0.131 e. The predicted octanol–water partition coefficient (Wildman–Crippen LogP) is 3.28. The molecule has 1 aromatic heterocycles. The van der Waals surface area contributed by atoms with Gasteiger partial charge in [-0.25, -0.2) is 14.4 Å². The minimum Gasteiger partial charge on any atom is -0.373 e. The fourth-order valence-corrected chi connectivity index (χ4v) is 1.73. The van der Waals surface area contributed by atoms with E-state index < -0.39 is 0 Å². The van der Waals surface area contributed by atoms with Crippen LogP contribution in [0.5, 0.6) is 0 Å². The average molecular weight is 245 g/mol. The first-order valence-corrected chi connectivity index (χ1v) is 6.04. The molecule has 0 aliphatic heterocycles. The van der Waals surface area contributed by atoms with Crippen LogP contribution in [0, 0.1) is 5.82 Å². The summed E-state index contributed by atoms with van der Waals surface area (Å²) in [6.07, 6.45) is 1.83. The van der Waals surface area contributed by atoms with E-state index in [0.29, 0.717) is 0 Å². The van der Waals surface area contributed by atoms with Gasteiger partial charge in [-0.2, -0.15) is 0 Å². The van der Waals surface area contributed by atoms with Gasteiger partial charge >= 0.3 is 0 Å². The van der Waals surface area contributed by atoms with Crippen LogP contribution in [0.2, 0.25) is 0 Å². The normalized spacial score (nSPS) is 10.4. The number of nitrogens with one attached hydrogen (secondary N) is 1. The average Bonchev–Trinajstić information content (AvgIpc) is 2.39. The summed E-state index contributed by atoms with van der Waals surface area (Å²) in [6, 6.07) is 8.21. The maximum atomic E-state index is 12.9. The molecule has 3 nitrogen and oxygen atoms in total. The molecule has 0 aliphatic rings. The highest BCUT2D eigenvalue weighted by atomic mass is 19.1. The first kappa shape index (κ1) is 12.5. The Morgan fingerprint density at radius 2 is 1.89 bits per heavy atom. The van der Waals surface area contributed by atoms with Gasteiger partial charge in [0.2, 0.25) is 0 Å². The zero-order chi connectivity index (χ0) is 13.0. The van der Waals surface area contributed by atoms with Gasteiger partial charge in [0, 0.05) is 25.1 Å². The van der Waals surface area contributed by atoms with E-state index in [1.54, 1.807) is 12.1 Å². The Morgan fingerprint density at radius 3 is 2.50 bits per heavy atom. The number of hydrogen-bond donors (Lipinski definition) is 1. The molecule has 0 bridgehead atoms. The summed E-state index contributed by atoms with van der Waals surface area (Å²) in [5.41, 5.74) is 1.71. The van der Waals surface area contributed by atoms with Crippen molar-refractivity contribution in [3.8, 4) is 11.3 Å². The Morgan fingerprint density at radius 1 is 1.17 bits per heavy atom. The van der Waals surface area contributed by atoms with Crippen LogP contribution >= 0.6 is 0 Å². The van der Waals surface area contributed by atoms with Crippen LogP contribution in [0.25, 0.3) is 11.3 Å². The Bertz CT molecular complexity index is 523. The second-order valence-electron chi connectivity index (χ2n) is 4.06. The summed E-state index contributed by atoms with van der Waals surface area (Å²) < 4.78 is 12.9. The lowest BCUT2D eigenvalue weighted by Gasteiger charge is -2.07. The molecular formula is C14H16FN3. The van der Waals surface area contributed by atoms with E-state index in [1.807, 2.05) is 13.1 Å². The third-order valence-electron chi connectivity index (χ3n) is 2.64. The highest BCUT2D eigenvalue weighted by Crippen LogP contribution is 2.20. The molecule has 18 heavy (non-hydrogen) atoms. The maximum absolute atomic E-state index is 12.9. The summed E-state index contributed by atoms with van der Waals surface area (Å²) in [7, 11) is 1.83. The van der Waals surface area contributed by atoms with Crippen LogP contribution in [0.4, 0.5) is 10.2 Å². The highest BCUT2D eigenvalue weighted by Gasteiger charge is 2.05. The molecular weight excluding hydrogens is 229 g/mol. The molecule has 0 aliphatic carbocycles. The van der Waals surface area contributed by atoms with Gasteiger partial charge in [0.05, 0.1) is 5.69 Å². The number of aryl methyl sites for hydroxylation is 1. The lowest BCUT2D eigenvalue weighted by Crippen LogP contribution is -2.01. The Labute approximate surface area is 106 Å². The molecule has 0 spiro atoms. The first-order chi connectivity index (χ1) is 8.72. The third-order valence-corrected chi connectivity index (χ3v) is 2.64. The summed E-state index contributed by atoms with van der Waals surface area (Å²) in [4.78, 5) is 8.89. The van der Waals surface area contributed by atoms with Crippen LogP contribution in [0.3, 0.4) is 0 Å². The van der Waals surface area contributed by atoms with Crippen molar-refractivity contribution in [1.82, 2.24) is 9.97 Å². The van der Waals surface area contributed by atoms with Gasteiger partial charge in [0.15, 0.2) is 0 Å². The zero-order valence-electron chi connectivity index (χ0n) is 10.6. The molecule has 2 rings (SSSR count). The molecule has 1 N–H and O–H groups in total. The van der Waals surface area contributed by atoms with Crippen LogP contribution in [0.1, 0.15) is 19.2 Å². The van der Waals surface area contributed by atoms with E-state index >= 15 is 0 Å². The number of hydrogen-bond acceptors (Lipinski definition) is 3. The van der Waals surface area contributed by atoms with Crippen molar-refractivity contribution < 1.29 is 4.39 Å². The molecule has 1 heterocycles. The Hall–Kier alpha value is -1.97. The van der Waals surface area contributed by atoms with Crippen LogP contribution in [0.15, 0.2) is 30.3 Å². The van der Waals surface area contributed by atoms with Gasteiger partial charge in [0.1, 0.15) is 17.5 Å². The number of anilines is 1. The van der Waals surface area contributed by atoms with E-state index in [1.165, 1.54) is 12.1 Å². The first-order valence-electron chi connectivity index (χ1n) is 6.04. The number of aromatic nitrogens is 2. The molecule has 4 heteroatoms. The van der Waals surface area contributed by atoms with Crippen molar-refractivity contribution in [1.29, 1.82) is 0 Å². The van der Waals surface area contributed by atoms with Crippen LogP contribution < -0.4 is 5.32 Å². The topological polar surface area (TPSA) is 37.8 Å². The number of nitrogens with zero attached hydrogens (tertiary/aromatic N) is 2. The molecule has 2 aromatic rings. The van der Waals surface area contributed by atoms with E-state index in [0.717, 1.165) is 35.7 Å². The Kier molecular flexibility index (Phi) is 3.87. The predicted molar refractivity (Wildman–Crippen MR) is 71.0 cm³/mol. The SMILES string of the molecule is CCCc1nc(NC)cc(-c2ccc(F)cc2)n1. The number of halogens is 1. The second-order valence-corrected chi connectivity index (χ2v) is 4.06. The second kappa shape index (κ2) is 5.58. The summed E-state index contributed by atoms with van der Waals surface area (Å²) in [5, 5.41) is 3.02. The monoisotopic (exact) mass is 245 g/mol. The van der Waals surface area contributed by atoms with E-state index in [4.69, 9.17) is 0 Å². The molecule has 0 atom stereocenters. The minimum absolute atomic E-state index is 0.240. The summed E-state index contributed by atoms with van der Waals surface area (Å²) in [5.74, 6) is 1.35. The Balaban J connectivity index is 2.42. The van der Waals surface area contributed by atoms with Gasteiger partial charge in [0.25, 0.3) is 0 Å². The molecule has 0 radical (unpaired) electrons. The lowest BCUT2D eigenvalue weighted by atomic mass is 10.1. The molecule has 0 amide bonds. The fourth-order valence-electron chi connectivity index (χ4n) is 1.73. The quantitative estimate of drug-likeness (QED) is 0.898. The summed E-state index contributed by atoms with van der Waals surface area (Å²) >= 11 is 0. The van der Waals surface area contributed by atoms with Crippen molar-refractivity contribution in [2.75, 3.05) is 12.4 Å². The lowest BCUT2D eigenvalue weighted by molar-refractivity contribution is 0.628. The summed E-state index contributed by atoms with van der Waals surface area (Å²) in [6.45, 7) is 2.09. The molecule has 0 fully saturated rings. The van der Waals surface area contributed by atoms with E-state index in [9.17, 15) is 4.39 Å². The van der Waals surface area contributed by atoms with Crippen LogP contribution in [-0.2, 0) is 6.42 Å². The van der Waals surface area contributed by atoms with Gasteiger partial charge in [-0.15, -0.1) is 0 Å². The van der Waals surface area contributed by atoms with E-state index in [-0.39, 0.29) is 5.82 Å². The smallest absolute Gasteiger partial charge is 0.131 e.